The molecule has 128 valence electrons. The third-order valence-corrected chi connectivity index (χ3v) is 4.61. The van der Waals surface area contributed by atoms with Gasteiger partial charge in [-0.25, -0.2) is 0 Å². The van der Waals surface area contributed by atoms with Gasteiger partial charge in [0.1, 0.15) is 0 Å². The number of likely N-dealkylation sites (tertiary alicyclic amines) is 1. The Morgan fingerprint density at radius 3 is 3.04 bits per heavy atom. The lowest BCUT2D eigenvalue weighted by Crippen LogP contribution is -2.38. The summed E-state index contributed by atoms with van der Waals surface area (Å²) in [7, 11) is 0. The monoisotopic (exact) mass is 331 g/mol. The molecule has 0 saturated carbocycles. The molecule has 1 aromatic carbocycles. The SMILES string of the molecule is CC(O)CC1CCCN1C(=O)Cc1c[nH]c2ccc([N+](=O)[O-])cc12. The number of aromatic nitrogens is 1. The molecule has 0 radical (unpaired) electrons. The van der Waals surface area contributed by atoms with Crippen molar-refractivity contribution in [3.8, 4) is 0 Å². The second-order valence-electron chi connectivity index (χ2n) is 6.45. The Balaban J connectivity index is 1.80. The number of nitrogens with one attached hydrogen (secondary N) is 1. The fraction of sp³-hybridized carbons (Fsp3) is 0.471. The van der Waals surface area contributed by atoms with Gasteiger partial charge in [-0.05, 0) is 37.8 Å². The number of aliphatic hydroxyl groups is 1. The fourth-order valence-electron chi connectivity index (χ4n) is 3.49. The van der Waals surface area contributed by atoms with Gasteiger partial charge in [-0.2, -0.15) is 0 Å². The average molecular weight is 331 g/mol. The maximum Gasteiger partial charge on any atom is 0.270 e. The number of benzene rings is 1. The Hall–Kier alpha value is -2.41. The number of rotatable bonds is 5. The van der Waals surface area contributed by atoms with Crippen LogP contribution in [0.3, 0.4) is 0 Å². The number of hydrogen-bond acceptors (Lipinski definition) is 4. The molecule has 7 heteroatoms. The first-order valence-corrected chi connectivity index (χ1v) is 8.17. The van der Waals surface area contributed by atoms with Crippen molar-refractivity contribution >= 4 is 22.5 Å². The minimum Gasteiger partial charge on any atom is -0.393 e. The lowest BCUT2D eigenvalue weighted by molar-refractivity contribution is -0.384. The van der Waals surface area contributed by atoms with E-state index >= 15 is 0 Å². The molecule has 2 aromatic rings. The van der Waals surface area contributed by atoms with Gasteiger partial charge in [0.05, 0.1) is 17.4 Å². The Kier molecular flexibility index (Phi) is 4.53. The van der Waals surface area contributed by atoms with Crippen LogP contribution in [0.5, 0.6) is 0 Å². The number of carbonyl (C=O) groups is 1. The summed E-state index contributed by atoms with van der Waals surface area (Å²) in [6.45, 7) is 2.44. The molecular formula is C17H21N3O4. The molecule has 1 saturated heterocycles. The first-order chi connectivity index (χ1) is 11.5. The molecule has 1 aromatic heterocycles. The van der Waals surface area contributed by atoms with Gasteiger partial charge in [0, 0.05) is 41.8 Å². The van der Waals surface area contributed by atoms with Crippen LogP contribution in [0.1, 0.15) is 31.7 Å². The highest BCUT2D eigenvalue weighted by Gasteiger charge is 2.29. The number of hydrogen-bond donors (Lipinski definition) is 2. The highest BCUT2D eigenvalue weighted by Crippen LogP contribution is 2.26. The molecular weight excluding hydrogens is 310 g/mol. The van der Waals surface area contributed by atoms with Crippen LogP contribution in [0.25, 0.3) is 10.9 Å². The number of H-pyrrole nitrogens is 1. The van der Waals surface area contributed by atoms with Crippen molar-refractivity contribution in [1.29, 1.82) is 0 Å². The van der Waals surface area contributed by atoms with E-state index in [9.17, 15) is 20.0 Å². The lowest BCUT2D eigenvalue weighted by atomic mass is 10.1. The van der Waals surface area contributed by atoms with Gasteiger partial charge < -0.3 is 15.0 Å². The van der Waals surface area contributed by atoms with Gasteiger partial charge in [-0.15, -0.1) is 0 Å². The van der Waals surface area contributed by atoms with E-state index in [4.69, 9.17) is 0 Å². The van der Waals surface area contributed by atoms with Gasteiger partial charge in [0.15, 0.2) is 0 Å². The summed E-state index contributed by atoms with van der Waals surface area (Å²) in [5.74, 6) is 0.00514. The first-order valence-electron chi connectivity index (χ1n) is 8.17. The second-order valence-corrected chi connectivity index (χ2v) is 6.45. The van der Waals surface area contributed by atoms with E-state index in [1.807, 2.05) is 4.90 Å². The smallest absolute Gasteiger partial charge is 0.270 e. The van der Waals surface area contributed by atoms with E-state index in [1.165, 1.54) is 12.1 Å². The van der Waals surface area contributed by atoms with Gasteiger partial charge in [-0.1, -0.05) is 0 Å². The molecule has 24 heavy (non-hydrogen) atoms. The largest absolute Gasteiger partial charge is 0.393 e. The zero-order valence-electron chi connectivity index (χ0n) is 13.6. The van der Waals surface area contributed by atoms with Crippen LogP contribution in [-0.2, 0) is 11.2 Å². The minimum atomic E-state index is -0.433. The number of carbonyl (C=O) groups excluding carboxylic acids is 1. The van der Waals surface area contributed by atoms with E-state index in [2.05, 4.69) is 4.98 Å². The lowest BCUT2D eigenvalue weighted by Gasteiger charge is -2.25. The van der Waals surface area contributed by atoms with E-state index < -0.39 is 11.0 Å². The van der Waals surface area contributed by atoms with Crippen LogP contribution in [-0.4, -0.2) is 44.5 Å². The topological polar surface area (TPSA) is 99.5 Å². The zero-order valence-corrected chi connectivity index (χ0v) is 13.6. The molecule has 0 bridgehead atoms. The van der Waals surface area contributed by atoms with Crippen molar-refractivity contribution in [2.45, 2.75) is 44.8 Å². The number of aromatic amines is 1. The molecule has 0 aliphatic carbocycles. The Bertz CT molecular complexity index is 768. The molecule has 7 nitrogen and oxygen atoms in total. The molecule has 3 rings (SSSR count). The van der Waals surface area contributed by atoms with Crippen molar-refractivity contribution in [1.82, 2.24) is 9.88 Å². The molecule has 0 spiro atoms. The number of aliphatic hydroxyl groups excluding tert-OH is 1. The summed E-state index contributed by atoms with van der Waals surface area (Å²) >= 11 is 0. The maximum absolute atomic E-state index is 12.7. The first kappa shape index (κ1) is 16.4. The summed E-state index contributed by atoms with van der Waals surface area (Å²) in [6.07, 6.45) is 3.96. The molecule has 2 heterocycles. The number of nitro benzene ring substituents is 1. The van der Waals surface area contributed by atoms with Gasteiger partial charge in [0.2, 0.25) is 5.91 Å². The number of amides is 1. The van der Waals surface area contributed by atoms with Gasteiger partial charge in [-0.3, -0.25) is 14.9 Å². The average Bonchev–Trinajstić information content (AvgIpc) is 3.13. The molecule has 2 N–H and O–H groups in total. The zero-order chi connectivity index (χ0) is 17.3. The molecule has 2 unspecified atom stereocenters. The van der Waals surface area contributed by atoms with Crippen LogP contribution in [0.15, 0.2) is 24.4 Å². The maximum atomic E-state index is 12.7. The van der Waals surface area contributed by atoms with E-state index in [1.54, 1.807) is 19.2 Å². The normalized spacial score (nSPS) is 18.9. The van der Waals surface area contributed by atoms with Crippen molar-refractivity contribution in [2.24, 2.45) is 0 Å². The third kappa shape index (κ3) is 3.26. The summed E-state index contributed by atoms with van der Waals surface area (Å²) in [4.78, 5) is 28.1. The molecule has 1 fully saturated rings. The van der Waals surface area contributed by atoms with Crippen LogP contribution in [0.4, 0.5) is 5.69 Å². The number of nitrogens with zero attached hydrogens (tertiary/aromatic N) is 2. The summed E-state index contributed by atoms with van der Waals surface area (Å²) < 4.78 is 0. The van der Waals surface area contributed by atoms with Crippen molar-refractivity contribution in [3.05, 3.63) is 40.1 Å². The van der Waals surface area contributed by atoms with Crippen molar-refractivity contribution in [2.75, 3.05) is 6.54 Å². The van der Waals surface area contributed by atoms with Crippen LogP contribution < -0.4 is 0 Å². The molecule has 1 aliphatic rings. The number of nitro groups is 1. The quantitative estimate of drug-likeness (QED) is 0.649. The Labute approximate surface area is 139 Å². The van der Waals surface area contributed by atoms with Crippen LogP contribution in [0.2, 0.25) is 0 Å². The molecule has 1 aliphatic heterocycles. The second kappa shape index (κ2) is 6.60. The standard InChI is InChI=1S/C17H21N3O4/c1-11(21)7-13-3-2-6-19(13)17(22)8-12-10-18-16-5-4-14(20(23)24)9-15(12)16/h4-5,9-11,13,18,21H,2-3,6-8H2,1H3. The predicted molar refractivity (Wildman–Crippen MR) is 89.7 cm³/mol. The van der Waals surface area contributed by atoms with Crippen molar-refractivity contribution < 1.29 is 14.8 Å². The van der Waals surface area contributed by atoms with E-state index in [0.717, 1.165) is 23.9 Å². The predicted octanol–water partition coefficient (Wildman–Crippen LogP) is 2.38. The van der Waals surface area contributed by atoms with Crippen LogP contribution in [0, 0.1) is 10.1 Å². The highest BCUT2D eigenvalue weighted by atomic mass is 16.6. The van der Waals surface area contributed by atoms with E-state index in [0.29, 0.717) is 18.4 Å². The summed E-state index contributed by atoms with van der Waals surface area (Å²) in [5, 5.41) is 21.2. The van der Waals surface area contributed by atoms with Crippen molar-refractivity contribution in [3.63, 3.8) is 0 Å². The molecule has 1 amide bonds. The highest BCUT2D eigenvalue weighted by molar-refractivity contribution is 5.90. The fourth-order valence-corrected chi connectivity index (χ4v) is 3.49. The summed E-state index contributed by atoms with van der Waals surface area (Å²) in [6, 6.07) is 4.69. The van der Waals surface area contributed by atoms with Crippen LogP contribution >= 0.6 is 0 Å². The number of fused-ring (bicyclic) bond motifs is 1. The van der Waals surface area contributed by atoms with Gasteiger partial charge in [0.25, 0.3) is 5.69 Å². The Morgan fingerprint density at radius 1 is 1.54 bits per heavy atom. The number of non-ortho nitro benzene ring substituents is 1. The van der Waals surface area contributed by atoms with E-state index in [-0.39, 0.29) is 24.1 Å². The Morgan fingerprint density at radius 2 is 2.33 bits per heavy atom. The summed E-state index contributed by atoms with van der Waals surface area (Å²) in [5.41, 5.74) is 1.57. The van der Waals surface area contributed by atoms with Gasteiger partial charge >= 0.3 is 0 Å². The molecule has 2 atom stereocenters. The third-order valence-electron chi connectivity index (χ3n) is 4.61. The minimum absolute atomic E-state index is 0.00514.